The Morgan fingerprint density at radius 2 is 1.93 bits per heavy atom. The van der Waals surface area contributed by atoms with E-state index in [4.69, 9.17) is 16.3 Å². The Hall–Kier alpha value is -2.47. The van der Waals surface area contributed by atoms with Gasteiger partial charge in [-0.25, -0.2) is 4.98 Å². The molecule has 3 rings (SSSR count). The quantitative estimate of drug-likeness (QED) is 0.401. The van der Waals surface area contributed by atoms with Crippen molar-refractivity contribution in [3.63, 3.8) is 0 Å². The molecule has 3 aromatic rings. The van der Waals surface area contributed by atoms with E-state index >= 15 is 0 Å². The summed E-state index contributed by atoms with van der Waals surface area (Å²) < 4.78 is 84.3. The van der Waals surface area contributed by atoms with E-state index in [9.17, 15) is 26.2 Å². The maximum atomic E-state index is 12.8. The average Bonchev–Trinajstić information content (AvgIpc) is 3.03. The first-order valence-electron chi connectivity index (χ1n) is 8.19. The van der Waals surface area contributed by atoms with Crippen LogP contribution in [0.15, 0.2) is 35.6 Å². The first kappa shape index (κ1) is 22.2. The summed E-state index contributed by atoms with van der Waals surface area (Å²) in [6.07, 6.45) is -3.25. The van der Waals surface area contributed by atoms with Crippen LogP contribution in [0.1, 0.15) is 11.3 Å². The number of hydrogen-bond donors (Lipinski definition) is 1. The lowest BCUT2D eigenvalue weighted by Crippen LogP contribution is -2.19. The van der Waals surface area contributed by atoms with Crippen molar-refractivity contribution in [2.24, 2.45) is 0 Å². The fraction of sp³-hybridized carbons (Fsp3) is 0.294. The van der Waals surface area contributed by atoms with Crippen LogP contribution in [0.25, 0.3) is 11.0 Å². The number of aromatic amines is 1. The molecule has 0 bridgehead atoms. The molecule has 1 aromatic carbocycles. The van der Waals surface area contributed by atoms with Crippen molar-refractivity contribution in [1.82, 2.24) is 15.0 Å². The lowest BCUT2D eigenvalue weighted by molar-refractivity contribution is -0.153. The van der Waals surface area contributed by atoms with Gasteiger partial charge in [0.15, 0.2) is 11.8 Å². The monoisotopic (exact) mass is 469 g/mol. The van der Waals surface area contributed by atoms with E-state index in [1.807, 2.05) is 0 Å². The van der Waals surface area contributed by atoms with Crippen LogP contribution in [-0.2, 0) is 16.6 Å². The highest BCUT2D eigenvalue weighted by Gasteiger charge is 2.29. The number of alkyl halides is 6. The Kier molecular flexibility index (Phi) is 6.18. The van der Waals surface area contributed by atoms with Crippen LogP contribution in [-0.4, -0.2) is 37.5 Å². The molecular weight excluding hydrogens is 457 g/mol. The van der Waals surface area contributed by atoms with Gasteiger partial charge in [0.05, 0.1) is 33.3 Å². The second-order valence-electron chi connectivity index (χ2n) is 6.04. The molecule has 2 heterocycles. The molecular formula is C17H13ClF5N3O3S. The van der Waals surface area contributed by atoms with Crippen LogP contribution in [0.2, 0.25) is 0 Å². The van der Waals surface area contributed by atoms with Crippen molar-refractivity contribution >= 4 is 33.4 Å². The molecule has 162 valence electrons. The summed E-state index contributed by atoms with van der Waals surface area (Å²) in [5.74, 6) is -0.406. The molecule has 0 aliphatic heterocycles. The largest absolute Gasteiger partial charge is 0.487 e. The van der Waals surface area contributed by atoms with Gasteiger partial charge in [0.25, 0.3) is 0 Å². The number of H-pyrrole nitrogens is 1. The van der Waals surface area contributed by atoms with Crippen LogP contribution < -0.4 is 9.47 Å². The molecule has 0 fully saturated rings. The van der Waals surface area contributed by atoms with Gasteiger partial charge < -0.3 is 14.5 Å². The number of halogens is 6. The molecule has 6 nitrogen and oxygen atoms in total. The normalized spacial score (nSPS) is 13.4. The molecule has 1 atom stereocenters. The number of hydrogen-bond acceptors (Lipinski definition) is 5. The van der Waals surface area contributed by atoms with Gasteiger partial charge in [0.2, 0.25) is 0 Å². The Labute approximate surface area is 173 Å². The third kappa shape index (κ3) is 5.79. The Morgan fingerprint density at radius 1 is 1.20 bits per heavy atom. The van der Waals surface area contributed by atoms with Crippen molar-refractivity contribution in [2.75, 3.05) is 6.61 Å². The zero-order valence-electron chi connectivity index (χ0n) is 15.1. The third-order valence-electron chi connectivity index (χ3n) is 3.80. The van der Waals surface area contributed by atoms with Gasteiger partial charge in [-0.15, -0.1) is 8.78 Å². The summed E-state index contributed by atoms with van der Waals surface area (Å²) in [5.41, 5.74) is -2.69. The predicted octanol–water partition coefficient (Wildman–Crippen LogP) is 4.68. The maximum Gasteiger partial charge on any atom is 0.487 e. The lowest BCUT2D eigenvalue weighted by Gasteiger charge is -2.13. The van der Waals surface area contributed by atoms with Crippen molar-refractivity contribution in [3.8, 4) is 11.5 Å². The van der Waals surface area contributed by atoms with E-state index < -0.39 is 29.2 Å². The van der Waals surface area contributed by atoms with Gasteiger partial charge in [-0.3, -0.25) is 9.19 Å². The number of aromatic nitrogens is 3. The molecule has 0 radical (unpaired) electrons. The summed E-state index contributed by atoms with van der Waals surface area (Å²) in [4.78, 5) is 10.9. The second-order valence-corrected chi connectivity index (χ2v) is 7.85. The van der Waals surface area contributed by atoms with Crippen molar-refractivity contribution in [1.29, 1.82) is 0 Å². The van der Waals surface area contributed by atoms with Crippen LogP contribution in [0.3, 0.4) is 0 Å². The van der Waals surface area contributed by atoms with Crippen molar-refractivity contribution in [2.45, 2.75) is 29.6 Å². The van der Waals surface area contributed by atoms with Gasteiger partial charge in [0.1, 0.15) is 11.5 Å². The number of nitrogens with zero attached hydrogens (tertiary/aromatic N) is 2. The third-order valence-corrected chi connectivity index (χ3v) is 5.04. The van der Waals surface area contributed by atoms with Gasteiger partial charge in [-0.1, -0.05) is 0 Å². The van der Waals surface area contributed by atoms with Gasteiger partial charge >= 0.3 is 11.7 Å². The fourth-order valence-electron chi connectivity index (χ4n) is 2.48. The first-order valence-corrected chi connectivity index (χ1v) is 9.89. The van der Waals surface area contributed by atoms with E-state index in [2.05, 4.69) is 19.7 Å². The molecule has 0 aliphatic carbocycles. The predicted molar refractivity (Wildman–Crippen MR) is 98.2 cm³/mol. The van der Waals surface area contributed by atoms with E-state index in [1.165, 1.54) is 37.4 Å². The van der Waals surface area contributed by atoms with Crippen molar-refractivity contribution < 1.29 is 35.6 Å². The fourth-order valence-corrected chi connectivity index (χ4v) is 3.67. The second kappa shape index (κ2) is 8.34. The van der Waals surface area contributed by atoms with Gasteiger partial charge in [0, 0.05) is 29.4 Å². The van der Waals surface area contributed by atoms with E-state index in [0.29, 0.717) is 11.1 Å². The number of rotatable bonds is 7. The maximum absolute atomic E-state index is 12.8. The van der Waals surface area contributed by atoms with Gasteiger partial charge in [-0.2, -0.15) is 13.2 Å². The van der Waals surface area contributed by atoms with E-state index in [-0.39, 0.29) is 33.6 Å². The topological polar surface area (TPSA) is 77.1 Å². The summed E-state index contributed by atoms with van der Waals surface area (Å²) >= 11 is 4.73. The Balaban J connectivity index is 1.78. The van der Waals surface area contributed by atoms with Crippen LogP contribution >= 0.6 is 11.6 Å². The number of pyridine rings is 1. The van der Waals surface area contributed by atoms with E-state index in [1.54, 1.807) is 0 Å². The summed E-state index contributed by atoms with van der Waals surface area (Å²) in [5, 5.41) is 0.0302. The summed E-state index contributed by atoms with van der Waals surface area (Å²) in [7, 11) is -1.75. The Bertz CT molecular complexity index is 1080. The molecule has 0 spiro atoms. The molecule has 13 heteroatoms. The summed E-state index contributed by atoms with van der Waals surface area (Å²) in [6.45, 7) is 0.0372. The molecule has 0 saturated heterocycles. The molecule has 2 aromatic heterocycles. The molecule has 0 saturated carbocycles. The standard InChI is InChI=1S/C17H13ClF5N3O3S/c1-9-13(24-5-4-14(9)28-8-16(19,20)21)7-30(27)15-25-11-3-2-10(6-12(11)26-15)29-17(18,22)23/h2-6H,7-8H2,1H3,(H,25,26). The van der Waals surface area contributed by atoms with Crippen LogP contribution in [0, 0.1) is 6.92 Å². The molecule has 0 amide bonds. The average molecular weight is 470 g/mol. The first-order chi connectivity index (χ1) is 13.9. The number of imidazole rings is 1. The number of ether oxygens (including phenoxy) is 2. The molecule has 0 aliphatic rings. The highest BCUT2D eigenvalue weighted by Crippen LogP contribution is 2.28. The Morgan fingerprint density at radius 3 is 2.60 bits per heavy atom. The van der Waals surface area contributed by atoms with E-state index in [0.717, 1.165) is 0 Å². The zero-order valence-corrected chi connectivity index (χ0v) is 16.7. The minimum absolute atomic E-state index is 0.0253. The molecule has 1 unspecified atom stereocenters. The smallest absolute Gasteiger partial charge is 0.484 e. The zero-order chi connectivity index (χ0) is 22.1. The number of benzene rings is 1. The molecule has 1 N–H and O–H groups in total. The lowest BCUT2D eigenvalue weighted by atomic mass is 10.2. The van der Waals surface area contributed by atoms with Crippen LogP contribution in [0.4, 0.5) is 22.0 Å². The number of nitrogens with one attached hydrogen (secondary N) is 1. The van der Waals surface area contributed by atoms with Gasteiger partial charge in [-0.05, 0) is 25.1 Å². The van der Waals surface area contributed by atoms with Crippen molar-refractivity contribution in [3.05, 3.63) is 41.7 Å². The summed E-state index contributed by atoms with van der Waals surface area (Å²) in [6, 6.07) is 5.09. The highest BCUT2D eigenvalue weighted by atomic mass is 35.5. The molecule has 30 heavy (non-hydrogen) atoms. The SMILES string of the molecule is Cc1c(OCC(F)(F)F)ccnc1CS(=O)c1nc2ccc(OC(F)(F)Cl)cc2[nH]1. The minimum atomic E-state index is -4.50. The highest BCUT2D eigenvalue weighted by molar-refractivity contribution is 7.84. The number of fused-ring (bicyclic) bond motifs is 1. The van der Waals surface area contributed by atoms with Crippen LogP contribution in [0.5, 0.6) is 11.5 Å². The minimum Gasteiger partial charge on any atom is -0.484 e.